The van der Waals surface area contributed by atoms with Crippen LogP contribution in [0.2, 0.25) is 0 Å². The Morgan fingerprint density at radius 3 is 1.96 bits per heavy atom. The first-order valence-corrected chi connectivity index (χ1v) is 8.67. The van der Waals surface area contributed by atoms with Crippen LogP contribution in [0, 0.1) is 0 Å². The highest BCUT2D eigenvalue weighted by Crippen LogP contribution is 2.24. The number of rotatable bonds is 7. The Kier molecular flexibility index (Phi) is 6.05. The summed E-state index contributed by atoms with van der Waals surface area (Å²) >= 11 is 3.58. The van der Waals surface area contributed by atoms with Crippen molar-refractivity contribution in [2.24, 2.45) is 0 Å². The van der Waals surface area contributed by atoms with E-state index in [0.29, 0.717) is 19.8 Å². The van der Waals surface area contributed by atoms with Gasteiger partial charge in [0.1, 0.15) is 12.4 Å². The summed E-state index contributed by atoms with van der Waals surface area (Å²) in [6, 6.07) is 26.3. The van der Waals surface area contributed by atoms with E-state index in [0.717, 1.165) is 21.3 Å². The highest BCUT2D eigenvalue weighted by Gasteiger charge is 2.04. The van der Waals surface area contributed by atoms with E-state index in [1.807, 2.05) is 54.6 Å². The van der Waals surface area contributed by atoms with Crippen LogP contribution in [-0.2, 0) is 24.6 Å². The van der Waals surface area contributed by atoms with Gasteiger partial charge in [0.2, 0.25) is 0 Å². The molecule has 122 valence electrons. The lowest BCUT2D eigenvalue weighted by Gasteiger charge is -2.11. The van der Waals surface area contributed by atoms with Gasteiger partial charge in [-0.25, -0.2) is 0 Å². The van der Waals surface area contributed by atoms with Gasteiger partial charge < -0.3 is 9.47 Å². The summed E-state index contributed by atoms with van der Waals surface area (Å²) < 4.78 is 12.7. The van der Waals surface area contributed by atoms with Crippen molar-refractivity contribution < 1.29 is 9.47 Å². The molecule has 0 radical (unpaired) electrons. The minimum absolute atomic E-state index is 0.540. The van der Waals surface area contributed by atoms with Crippen LogP contribution in [0.5, 0.6) is 5.75 Å². The van der Waals surface area contributed by atoms with Crippen molar-refractivity contribution in [1.82, 2.24) is 0 Å². The van der Waals surface area contributed by atoms with Crippen molar-refractivity contribution in [1.29, 1.82) is 0 Å². The van der Waals surface area contributed by atoms with Crippen molar-refractivity contribution in [2.75, 3.05) is 0 Å². The van der Waals surface area contributed by atoms with E-state index in [1.165, 1.54) is 5.56 Å². The molecule has 0 amide bonds. The van der Waals surface area contributed by atoms with Gasteiger partial charge >= 0.3 is 0 Å². The van der Waals surface area contributed by atoms with Gasteiger partial charge in [-0.1, -0.05) is 76.6 Å². The molecule has 0 atom stereocenters. The predicted molar refractivity (Wildman–Crippen MR) is 99.9 cm³/mol. The zero-order valence-corrected chi connectivity index (χ0v) is 14.9. The predicted octanol–water partition coefficient (Wildman–Crippen LogP) is 5.74. The van der Waals surface area contributed by atoms with Crippen LogP contribution < -0.4 is 4.74 Å². The monoisotopic (exact) mass is 382 g/mol. The molecule has 3 aromatic carbocycles. The van der Waals surface area contributed by atoms with Crippen molar-refractivity contribution in [3.8, 4) is 5.75 Å². The summed E-state index contributed by atoms with van der Waals surface area (Å²) in [4.78, 5) is 0. The van der Waals surface area contributed by atoms with Gasteiger partial charge in [-0.2, -0.15) is 0 Å². The summed E-state index contributed by atoms with van der Waals surface area (Å²) in [7, 11) is 0. The SMILES string of the molecule is Brc1ccc(OCc2ccccc2)cc1COCc1ccccc1. The van der Waals surface area contributed by atoms with Gasteiger partial charge in [0, 0.05) is 4.47 Å². The average Bonchev–Trinajstić information content (AvgIpc) is 2.64. The van der Waals surface area contributed by atoms with Crippen LogP contribution in [0.4, 0.5) is 0 Å². The summed E-state index contributed by atoms with van der Waals surface area (Å²) in [5, 5.41) is 0. The molecule has 0 heterocycles. The molecular formula is C21H19BrO2. The number of hydrogen-bond donors (Lipinski definition) is 0. The molecule has 3 heteroatoms. The summed E-state index contributed by atoms with van der Waals surface area (Å²) in [6.07, 6.45) is 0. The van der Waals surface area contributed by atoms with Crippen molar-refractivity contribution in [2.45, 2.75) is 19.8 Å². The number of hydrogen-bond acceptors (Lipinski definition) is 2. The smallest absolute Gasteiger partial charge is 0.120 e. The molecule has 0 fully saturated rings. The van der Waals surface area contributed by atoms with E-state index >= 15 is 0 Å². The Morgan fingerprint density at radius 1 is 0.667 bits per heavy atom. The van der Waals surface area contributed by atoms with Crippen LogP contribution in [-0.4, -0.2) is 0 Å². The van der Waals surface area contributed by atoms with E-state index in [4.69, 9.17) is 9.47 Å². The first-order chi connectivity index (χ1) is 11.8. The van der Waals surface area contributed by atoms with E-state index < -0.39 is 0 Å². The Morgan fingerprint density at radius 2 is 1.29 bits per heavy atom. The van der Waals surface area contributed by atoms with Crippen LogP contribution in [0.25, 0.3) is 0 Å². The number of ether oxygens (including phenoxy) is 2. The molecule has 0 unspecified atom stereocenters. The molecule has 2 nitrogen and oxygen atoms in total. The van der Waals surface area contributed by atoms with Crippen LogP contribution in [0.3, 0.4) is 0 Å². The Bertz CT molecular complexity index is 757. The van der Waals surface area contributed by atoms with Gasteiger partial charge in [-0.05, 0) is 34.9 Å². The zero-order valence-electron chi connectivity index (χ0n) is 13.3. The Labute approximate surface area is 151 Å². The minimum Gasteiger partial charge on any atom is -0.489 e. The molecule has 0 aliphatic rings. The molecule has 3 rings (SSSR count). The third-order valence-electron chi connectivity index (χ3n) is 3.63. The Balaban J connectivity index is 1.57. The summed E-state index contributed by atoms with van der Waals surface area (Å²) in [6.45, 7) is 1.70. The van der Waals surface area contributed by atoms with Gasteiger partial charge in [-0.3, -0.25) is 0 Å². The lowest BCUT2D eigenvalue weighted by molar-refractivity contribution is 0.106. The largest absolute Gasteiger partial charge is 0.489 e. The maximum absolute atomic E-state index is 5.88. The molecule has 24 heavy (non-hydrogen) atoms. The highest BCUT2D eigenvalue weighted by atomic mass is 79.9. The maximum atomic E-state index is 5.88. The number of halogens is 1. The topological polar surface area (TPSA) is 18.5 Å². The molecule has 0 N–H and O–H groups in total. The minimum atomic E-state index is 0.540. The fourth-order valence-corrected chi connectivity index (χ4v) is 2.71. The molecule has 0 aromatic heterocycles. The molecule has 0 saturated heterocycles. The van der Waals surface area contributed by atoms with Crippen LogP contribution in [0.1, 0.15) is 16.7 Å². The first kappa shape index (κ1) is 16.7. The van der Waals surface area contributed by atoms with Crippen molar-refractivity contribution in [3.63, 3.8) is 0 Å². The van der Waals surface area contributed by atoms with E-state index in [9.17, 15) is 0 Å². The van der Waals surface area contributed by atoms with Gasteiger partial charge in [0.15, 0.2) is 0 Å². The van der Waals surface area contributed by atoms with Crippen LogP contribution in [0.15, 0.2) is 83.3 Å². The van der Waals surface area contributed by atoms with Crippen molar-refractivity contribution >= 4 is 15.9 Å². The van der Waals surface area contributed by atoms with E-state index in [-0.39, 0.29) is 0 Å². The third-order valence-corrected chi connectivity index (χ3v) is 4.41. The molecule has 0 aliphatic heterocycles. The molecule has 3 aromatic rings. The lowest BCUT2D eigenvalue weighted by Crippen LogP contribution is -1.98. The second-order valence-corrected chi connectivity index (χ2v) is 6.36. The normalized spacial score (nSPS) is 10.5. The third kappa shape index (κ3) is 4.95. The fraction of sp³-hybridized carbons (Fsp3) is 0.143. The van der Waals surface area contributed by atoms with E-state index in [2.05, 4.69) is 40.2 Å². The van der Waals surface area contributed by atoms with Gasteiger partial charge in [-0.15, -0.1) is 0 Å². The molecule has 0 bridgehead atoms. The second kappa shape index (κ2) is 8.67. The second-order valence-electron chi connectivity index (χ2n) is 5.51. The van der Waals surface area contributed by atoms with Crippen molar-refractivity contribution in [3.05, 3.63) is 100 Å². The van der Waals surface area contributed by atoms with Gasteiger partial charge in [0.25, 0.3) is 0 Å². The molecule has 0 aliphatic carbocycles. The molecule has 0 saturated carbocycles. The van der Waals surface area contributed by atoms with E-state index in [1.54, 1.807) is 0 Å². The molecule has 0 spiro atoms. The number of benzene rings is 3. The standard InChI is InChI=1S/C21H19BrO2/c22-21-12-11-20(24-15-18-9-5-2-6-10-18)13-19(21)16-23-14-17-7-3-1-4-8-17/h1-13H,14-16H2. The van der Waals surface area contributed by atoms with Gasteiger partial charge in [0.05, 0.1) is 13.2 Å². The summed E-state index contributed by atoms with van der Waals surface area (Å²) in [5.74, 6) is 0.848. The maximum Gasteiger partial charge on any atom is 0.120 e. The summed E-state index contributed by atoms with van der Waals surface area (Å²) in [5.41, 5.74) is 3.41. The fourth-order valence-electron chi connectivity index (χ4n) is 2.35. The average molecular weight is 383 g/mol. The molecular weight excluding hydrogens is 364 g/mol. The highest BCUT2D eigenvalue weighted by molar-refractivity contribution is 9.10. The Hall–Kier alpha value is -2.10. The lowest BCUT2D eigenvalue weighted by atomic mass is 10.2. The zero-order chi connectivity index (χ0) is 16.6. The quantitative estimate of drug-likeness (QED) is 0.518. The van der Waals surface area contributed by atoms with Crippen LogP contribution >= 0.6 is 15.9 Å². The first-order valence-electron chi connectivity index (χ1n) is 7.88.